The fraction of sp³-hybridized carbons (Fsp3) is 0.222. The van der Waals surface area contributed by atoms with E-state index in [0.29, 0.717) is 16.1 Å². The van der Waals surface area contributed by atoms with Crippen molar-refractivity contribution in [2.75, 3.05) is 0 Å². The molecule has 2 heterocycles. The summed E-state index contributed by atoms with van der Waals surface area (Å²) < 4.78 is 2.13. The zero-order chi connectivity index (χ0) is 17.4. The van der Waals surface area contributed by atoms with E-state index in [1.54, 1.807) is 13.8 Å². The van der Waals surface area contributed by atoms with Gasteiger partial charge in [0.1, 0.15) is 18.2 Å². The molecule has 3 rings (SSSR count). The number of Topliss-reactive ketones (excluding diaryl/α,β-unsaturated/α-hetero) is 1. The van der Waals surface area contributed by atoms with E-state index < -0.39 is 5.56 Å². The molecule has 0 fully saturated rings. The number of benzene rings is 1. The smallest absolute Gasteiger partial charge is 0.285 e. The molecule has 5 nitrogen and oxygen atoms in total. The highest BCUT2D eigenvalue weighted by Gasteiger charge is 2.18. The second-order valence-corrected chi connectivity index (χ2v) is 6.69. The SMILES string of the molecule is Cc1nn(CC(=O)c2sc3ccccc3c2C)c(=O)c(C#N)c1C. The maximum atomic E-state index is 12.7. The van der Waals surface area contributed by atoms with Gasteiger partial charge < -0.3 is 0 Å². The summed E-state index contributed by atoms with van der Waals surface area (Å²) >= 11 is 1.42. The molecule has 0 aliphatic heterocycles. The topological polar surface area (TPSA) is 75.8 Å². The maximum Gasteiger partial charge on any atom is 0.285 e. The average molecular weight is 337 g/mol. The highest BCUT2D eigenvalue weighted by Crippen LogP contribution is 2.30. The summed E-state index contributed by atoms with van der Waals surface area (Å²) in [7, 11) is 0. The van der Waals surface area contributed by atoms with Crippen LogP contribution in [0, 0.1) is 32.1 Å². The molecule has 2 aromatic heterocycles. The van der Waals surface area contributed by atoms with Crippen molar-refractivity contribution in [1.29, 1.82) is 5.26 Å². The van der Waals surface area contributed by atoms with Gasteiger partial charge in [-0.05, 0) is 43.4 Å². The van der Waals surface area contributed by atoms with Gasteiger partial charge in [0, 0.05) is 4.70 Å². The maximum absolute atomic E-state index is 12.7. The molecule has 0 aliphatic carbocycles. The zero-order valence-corrected chi connectivity index (χ0v) is 14.4. The lowest BCUT2D eigenvalue weighted by Crippen LogP contribution is -2.30. The number of carbonyl (C=O) groups excluding carboxylic acids is 1. The van der Waals surface area contributed by atoms with Gasteiger partial charge in [-0.3, -0.25) is 9.59 Å². The van der Waals surface area contributed by atoms with Crippen LogP contribution in [0.3, 0.4) is 0 Å². The number of ketones is 1. The van der Waals surface area contributed by atoms with Crippen molar-refractivity contribution in [2.45, 2.75) is 27.3 Å². The number of carbonyl (C=O) groups is 1. The number of aromatic nitrogens is 2. The number of thiophene rings is 1. The van der Waals surface area contributed by atoms with E-state index in [9.17, 15) is 9.59 Å². The lowest BCUT2D eigenvalue weighted by atomic mass is 10.1. The zero-order valence-electron chi connectivity index (χ0n) is 13.6. The quantitative estimate of drug-likeness (QED) is 0.688. The van der Waals surface area contributed by atoms with Crippen molar-refractivity contribution in [3.8, 4) is 6.07 Å². The summed E-state index contributed by atoms with van der Waals surface area (Å²) in [5.41, 5.74) is 1.57. The summed E-state index contributed by atoms with van der Waals surface area (Å²) in [6.45, 7) is 5.15. The summed E-state index contributed by atoms with van der Waals surface area (Å²) in [6, 6.07) is 9.72. The first-order valence-electron chi connectivity index (χ1n) is 7.43. The molecule has 0 unspecified atom stereocenters. The summed E-state index contributed by atoms with van der Waals surface area (Å²) in [4.78, 5) is 25.6. The van der Waals surface area contributed by atoms with Gasteiger partial charge >= 0.3 is 0 Å². The number of nitriles is 1. The van der Waals surface area contributed by atoms with E-state index >= 15 is 0 Å². The number of nitrogens with zero attached hydrogens (tertiary/aromatic N) is 3. The van der Waals surface area contributed by atoms with E-state index in [-0.39, 0.29) is 17.9 Å². The van der Waals surface area contributed by atoms with Crippen molar-refractivity contribution in [3.05, 3.63) is 61.9 Å². The monoisotopic (exact) mass is 337 g/mol. The molecule has 0 saturated carbocycles. The molecule has 3 aromatic rings. The minimum atomic E-state index is -0.521. The number of hydrogen-bond acceptors (Lipinski definition) is 5. The Morgan fingerprint density at radius 1 is 1.25 bits per heavy atom. The van der Waals surface area contributed by atoms with E-state index in [4.69, 9.17) is 5.26 Å². The highest BCUT2D eigenvalue weighted by atomic mass is 32.1. The number of aryl methyl sites for hydroxylation is 2. The third-order valence-corrected chi connectivity index (χ3v) is 5.45. The Kier molecular flexibility index (Phi) is 4.04. The van der Waals surface area contributed by atoms with Crippen LogP contribution in [-0.2, 0) is 6.54 Å². The molecule has 0 aliphatic rings. The first-order valence-corrected chi connectivity index (χ1v) is 8.25. The van der Waals surface area contributed by atoms with Crippen molar-refractivity contribution >= 4 is 27.2 Å². The van der Waals surface area contributed by atoms with E-state index in [2.05, 4.69) is 5.10 Å². The Hall–Kier alpha value is -2.78. The molecule has 1 aromatic carbocycles. The van der Waals surface area contributed by atoms with Crippen LogP contribution < -0.4 is 5.56 Å². The van der Waals surface area contributed by atoms with Gasteiger partial charge in [-0.15, -0.1) is 11.3 Å². The number of hydrogen-bond donors (Lipinski definition) is 0. The van der Waals surface area contributed by atoms with Crippen LogP contribution in [0.4, 0.5) is 0 Å². The summed E-state index contributed by atoms with van der Waals surface area (Å²) in [6.07, 6.45) is 0. The molecule has 0 atom stereocenters. The largest absolute Gasteiger partial charge is 0.291 e. The van der Waals surface area contributed by atoms with Gasteiger partial charge in [-0.25, -0.2) is 4.68 Å². The second kappa shape index (κ2) is 6.02. The standard InChI is InChI=1S/C18H15N3O2S/c1-10-12(3)20-21(18(23)14(10)8-19)9-15(22)17-11(2)13-6-4-5-7-16(13)24-17/h4-7H,9H2,1-3H3. The molecule has 0 amide bonds. The molecule has 0 spiro atoms. The van der Waals surface area contributed by atoms with E-state index in [1.807, 2.05) is 37.3 Å². The van der Waals surface area contributed by atoms with E-state index in [1.165, 1.54) is 11.3 Å². The Balaban J connectivity index is 2.04. The Bertz CT molecular complexity index is 1070. The Morgan fingerprint density at radius 3 is 2.62 bits per heavy atom. The summed E-state index contributed by atoms with van der Waals surface area (Å²) in [5, 5.41) is 14.4. The molecule has 120 valence electrons. The van der Waals surface area contributed by atoms with Crippen LogP contribution in [0.25, 0.3) is 10.1 Å². The predicted molar refractivity (Wildman–Crippen MR) is 93.6 cm³/mol. The van der Waals surface area contributed by atoms with Gasteiger partial charge in [-0.2, -0.15) is 10.4 Å². The molecule has 24 heavy (non-hydrogen) atoms. The van der Waals surface area contributed by atoms with Crippen LogP contribution >= 0.6 is 11.3 Å². The van der Waals surface area contributed by atoms with Crippen LogP contribution in [0.2, 0.25) is 0 Å². The normalized spacial score (nSPS) is 10.8. The lowest BCUT2D eigenvalue weighted by Gasteiger charge is -2.08. The second-order valence-electron chi connectivity index (χ2n) is 5.64. The van der Waals surface area contributed by atoms with Crippen LogP contribution in [0.1, 0.15) is 32.1 Å². The van der Waals surface area contributed by atoms with Crippen molar-refractivity contribution < 1.29 is 4.79 Å². The number of fused-ring (bicyclic) bond motifs is 1. The molecular formula is C18H15N3O2S. The van der Waals surface area contributed by atoms with Crippen LogP contribution in [-0.4, -0.2) is 15.6 Å². The van der Waals surface area contributed by atoms with Gasteiger partial charge in [0.15, 0.2) is 5.78 Å². The number of rotatable bonds is 3. The van der Waals surface area contributed by atoms with Gasteiger partial charge in [-0.1, -0.05) is 18.2 Å². The third kappa shape index (κ3) is 2.53. The van der Waals surface area contributed by atoms with Crippen LogP contribution in [0.15, 0.2) is 29.1 Å². The molecular weight excluding hydrogens is 322 g/mol. The van der Waals surface area contributed by atoms with Crippen molar-refractivity contribution in [3.63, 3.8) is 0 Å². The fourth-order valence-electron chi connectivity index (χ4n) is 2.66. The average Bonchev–Trinajstić information content (AvgIpc) is 2.91. The molecule has 0 radical (unpaired) electrons. The van der Waals surface area contributed by atoms with E-state index in [0.717, 1.165) is 20.3 Å². The van der Waals surface area contributed by atoms with Crippen molar-refractivity contribution in [1.82, 2.24) is 9.78 Å². The van der Waals surface area contributed by atoms with Gasteiger partial charge in [0.05, 0.1) is 10.6 Å². The fourth-order valence-corrected chi connectivity index (χ4v) is 3.80. The predicted octanol–water partition coefficient (Wildman–Crippen LogP) is 3.14. The minimum absolute atomic E-state index is 0.0448. The highest BCUT2D eigenvalue weighted by molar-refractivity contribution is 7.21. The molecule has 6 heteroatoms. The molecule has 0 saturated heterocycles. The first kappa shape index (κ1) is 16.1. The molecule has 0 N–H and O–H groups in total. The summed E-state index contributed by atoms with van der Waals surface area (Å²) in [5.74, 6) is -0.171. The van der Waals surface area contributed by atoms with Crippen molar-refractivity contribution in [2.24, 2.45) is 0 Å². The third-order valence-electron chi connectivity index (χ3n) is 4.14. The molecule has 0 bridgehead atoms. The Labute approximate surface area is 142 Å². The van der Waals surface area contributed by atoms with Gasteiger partial charge in [0.25, 0.3) is 5.56 Å². The first-order chi connectivity index (χ1) is 11.4. The Morgan fingerprint density at radius 2 is 1.96 bits per heavy atom. The van der Waals surface area contributed by atoms with Crippen LogP contribution in [0.5, 0.6) is 0 Å². The minimum Gasteiger partial charge on any atom is -0.291 e. The lowest BCUT2D eigenvalue weighted by molar-refractivity contribution is 0.0969. The van der Waals surface area contributed by atoms with Gasteiger partial charge in [0.2, 0.25) is 0 Å².